The van der Waals surface area contributed by atoms with E-state index in [2.05, 4.69) is 5.32 Å². The lowest BCUT2D eigenvalue weighted by atomic mass is 10.1. The van der Waals surface area contributed by atoms with Gasteiger partial charge in [0.15, 0.2) is 0 Å². The summed E-state index contributed by atoms with van der Waals surface area (Å²) in [5.41, 5.74) is 2.70. The number of carbonyl (C=O) groups excluding carboxylic acids is 1. The number of carbonyl (C=O) groups is 1. The lowest BCUT2D eigenvalue weighted by Crippen LogP contribution is -2.17. The Bertz CT molecular complexity index is 522. The van der Waals surface area contributed by atoms with E-state index in [0.29, 0.717) is 0 Å². The summed E-state index contributed by atoms with van der Waals surface area (Å²) in [7, 11) is 0. The van der Waals surface area contributed by atoms with E-state index >= 15 is 0 Å². The van der Waals surface area contributed by atoms with E-state index in [4.69, 9.17) is 11.6 Å². The zero-order valence-corrected chi connectivity index (χ0v) is 10.8. The van der Waals surface area contributed by atoms with Gasteiger partial charge >= 0.3 is 0 Å². The van der Waals surface area contributed by atoms with Gasteiger partial charge in [0.25, 0.3) is 0 Å². The van der Waals surface area contributed by atoms with E-state index in [9.17, 15) is 4.79 Å². The van der Waals surface area contributed by atoms with Crippen molar-refractivity contribution < 1.29 is 4.79 Å². The van der Waals surface area contributed by atoms with Gasteiger partial charge in [-0.1, -0.05) is 48.0 Å². The lowest BCUT2D eigenvalue weighted by molar-refractivity contribution is -0.116. The number of amides is 1. The van der Waals surface area contributed by atoms with Crippen molar-refractivity contribution in [3.63, 3.8) is 0 Å². The van der Waals surface area contributed by atoms with Crippen LogP contribution in [0.5, 0.6) is 0 Å². The fourth-order valence-corrected chi connectivity index (χ4v) is 1.82. The number of nitrogens with one attached hydrogen (secondary N) is 1. The Kier molecular flexibility index (Phi) is 4.00. The molecule has 0 aromatic heterocycles. The number of hydrogen-bond donors (Lipinski definition) is 1. The van der Waals surface area contributed by atoms with Gasteiger partial charge in [0.1, 0.15) is 5.38 Å². The molecule has 92 valence electrons. The average Bonchev–Trinajstić information content (AvgIpc) is 2.41. The van der Waals surface area contributed by atoms with Gasteiger partial charge in [0.05, 0.1) is 0 Å². The Morgan fingerprint density at radius 1 is 1.06 bits per heavy atom. The second-order valence-corrected chi connectivity index (χ2v) is 4.56. The largest absolute Gasteiger partial charge is 0.325 e. The first-order chi connectivity index (χ1) is 8.66. The minimum absolute atomic E-state index is 0.216. The minimum Gasteiger partial charge on any atom is -0.325 e. The van der Waals surface area contributed by atoms with Gasteiger partial charge in [-0.25, -0.2) is 0 Å². The minimum atomic E-state index is -0.674. The van der Waals surface area contributed by atoms with Gasteiger partial charge in [-0.15, -0.1) is 11.6 Å². The van der Waals surface area contributed by atoms with E-state index in [1.807, 2.05) is 61.5 Å². The summed E-state index contributed by atoms with van der Waals surface area (Å²) in [6, 6.07) is 16.9. The molecule has 1 amide bonds. The van der Waals surface area contributed by atoms with Crippen molar-refractivity contribution in [1.82, 2.24) is 0 Å². The Balaban J connectivity index is 2.06. The van der Waals surface area contributed by atoms with Gasteiger partial charge in [0, 0.05) is 5.69 Å². The maximum Gasteiger partial charge on any atom is 0.246 e. The van der Waals surface area contributed by atoms with E-state index in [-0.39, 0.29) is 5.91 Å². The molecule has 2 aromatic carbocycles. The third-order valence-corrected chi connectivity index (χ3v) is 3.09. The van der Waals surface area contributed by atoms with E-state index in [0.717, 1.165) is 16.8 Å². The van der Waals surface area contributed by atoms with Gasteiger partial charge in [0.2, 0.25) is 5.91 Å². The van der Waals surface area contributed by atoms with Crippen LogP contribution in [0, 0.1) is 6.92 Å². The average molecular weight is 260 g/mol. The predicted octanol–water partition coefficient (Wildman–Crippen LogP) is 3.91. The van der Waals surface area contributed by atoms with Crippen molar-refractivity contribution in [3.05, 3.63) is 65.7 Å². The van der Waals surface area contributed by atoms with Gasteiger partial charge in [-0.2, -0.15) is 0 Å². The molecule has 1 atom stereocenters. The van der Waals surface area contributed by atoms with E-state index in [1.54, 1.807) is 0 Å². The smallest absolute Gasteiger partial charge is 0.246 e. The third-order valence-electron chi connectivity index (χ3n) is 2.64. The predicted molar refractivity (Wildman–Crippen MR) is 74.8 cm³/mol. The van der Waals surface area contributed by atoms with Crippen LogP contribution >= 0.6 is 11.6 Å². The second kappa shape index (κ2) is 5.69. The summed E-state index contributed by atoms with van der Waals surface area (Å²) >= 11 is 6.13. The van der Waals surface area contributed by atoms with Crippen LogP contribution in [0.1, 0.15) is 16.5 Å². The molecule has 2 rings (SSSR count). The molecule has 0 aliphatic carbocycles. The molecule has 1 N–H and O–H groups in total. The molecule has 0 saturated carbocycles. The van der Waals surface area contributed by atoms with Crippen LogP contribution in [0.25, 0.3) is 0 Å². The molecule has 0 unspecified atom stereocenters. The molecular weight excluding hydrogens is 246 g/mol. The molecule has 0 spiro atoms. The first-order valence-corrected chi connectivity index (χ1v) is 6.17. The number of alkyl halides is 1. The van der Waals surface area contributed by atoms with Crippen molar-refractivity contribution >= 4 is 23.2 Å². The second-order valence-electron chi connectivity index (χ2n) is 4.13. The molecule has 0 fully saturated rings. The zero-order chi connectivity index (χ0) is 13.0. The molecule has 0 bridgehead atoms. The van der Waals surface area contributed by atoms with Crippen LogP contribution in [0.4, 0.5) is 5.69 Å². The number of benzene rings is 2. The highest BCUT2D eigenvalue weighted by Gasteiger charge is 2.17. The van der Waals surface area contributed by atoms with Crippen LogP contribution in [-0.2, 0) is 4.79 Å². The first-order valence-electron chi connectivity index (χ1n) is 5.73. The molecule has 0 saturated heterocycles. The van der Waals surface area contributed by atoms with Crippen molar-refractivity contribution in [2.75, 3.05) is 5.32 Å². The summed E-state index contributed by atoms with van der Waals surface area (Å²) < 4.78 is 0. The van der Waals surface area contributed by atoms with Gasteiger partial charge in [-0.05, 0) is 24.6 Å². The number of aryl methyl sites for hydroxylation is 1. The van der Waals surface area contributed by atoms with Crippen LogP contribution in [0.3, 0.4) is 0 Å². The fraction of sp³-hybridized carbons (Fsp3) is 0.133. The van der Waals surface area contributed by atoms with Gasteiger partial charge < -0.3 is 5.32 Å². The Morgan fingerprint density at radius 2 is 1.67 bits per heavy atom. The first kappa shape index (κ1) is 12.7. The van der Waals surface area contributed by atoms with Crippen LogP contribution in [-0.4, -0.2) is 5.91 Å². The van der Waals surface area contributed by atoms with Crippen molar-refractivity contribution in [1.29, 1.82) is 0 Å². The number of anilines is 1. The van der Waals surface area contributed by atoms with Crippen LogP contribution in [0.15, 0.2) is 54.6 Å². The molecule has 0 heterocycles. The molecule has 2 nitrogen and oxygen atoms in total. The maximum atomic E-state index is 12.0. The Labute approximate surface area is 112 Å². The molecule has 0 aliphatic rings. The molecule has 0 aliphatic heterocycles. The third kappa shape index (κ3) is 3.11. The summed E-state index contributed by atoms with van der Waals surface area (Å²) in [6.07, 6.45) is 0. The van der Waals surface area contributed by atoms with Crippen molar-refractivity contribution in [2.24, 2.45) is 0 Å². The highest BCUT2D eigenvalue weighted by Crippen LogP contribution is 2.22. The topological polar surface area (TPSA) is 29.1 Å². The zero-order valence-electron chi connectivity index (χ0n) is 10.1. The molecule has 3 heteroatoms. The summed E-state index contributed by atoms with van der Waals surface area (Å²) in [5.74, 6) is -0.216. The quantitative estimate of drug-likeness (QED) is 0.832. The van der Waals surface area contributed by atoms with Crippen molar-refractivity contribution in [2.45, 2.75) is 12.3 Å². The highest BCUT2D eigenvalue weighted by atomic mass is 35.5. The van der Waals surface area contributed by atoms with Crippen LogP contribution < -0.4 is 5.32 Å². The number of hydrogen-bond acceptors (Lipinski definition) is 1. The van der Waals surface area contributed by atoms with E-state index < -0.39 is 5.38 Å². The summed E-state index contributed by atoms with van der Waals surface area (Å²) in [5, 5.41) is 2.12. The molecule has 2 aromatic rings. The highest BCUT2D eigenvalue weighted by molar-refractivity contribution is 6.32. The molecular formula is C15H14ClNO. The van der Waals surface area contributed by atoms with E-state index in [1.165, 1.54) is 0 Å². The molecule has 18 heavy (non-hydrogen) atoms. The summed E-state index contributed by atoms with van der Waals surface area (Å²) in [6.45, 7) is 2.00. The van der Waals surface area contributed by atoms with Crippen molar-refractivity contribution in [3.8, 4) is 0 Å². The van der Waals surface area contributed by atoms with Crippen LogP contribution in [0.2, 0.25) is 0 Å². The monoisotopic (exact) mass is 259 g/mol. The standard InChI is InChI=1S/C15H14ClNO/c1-11-7-9-13(10-8-11)17-15(18)14(16)12-5-3-2-4-6-12/h2-10,14H,1H3,(H,17,18)/t14-/m0/s1. The normalized spacial score (nSPS) is 11.9. The Morgan fingerprint density at radius 3 is 2.28 bits per heavy atom. The van der Waals surface area contributed by atoms with Gasteiger partial charge in [-0.3, -0.25) is 4.79 Å². The molecule has 0 radical (unpaired) electrons. The summed E-state index contributed by atoms with van der Waals surface area (Å²) in [4.78, 5) is 12.0. The Hall–Kier alpha value is -1.80. The fourth-order valence-electron chi connectivity index (χ4n) is 1.62. The number of rotatable bonds is 3. The lowest BCUT2D eigenvalue weighted by Gasteiger charge is -2.10. The number of halogens is 1. The maximum absolute atomic E-state index is 12.0. The SMILES string of the molecule is Cc1ccc(NC(=O)[C@@H](Cl)c2ccccc2)cc1.